The van der Waals surface area contributed by atoms with Crippen molar-refractivity contribution >= 4 is 55.5 Å². The highest BCUT2D eigenvalue weighted by Gasteiger charge is 2.38. The second-order valence-corrected chi connectivity index (χ2v) is 23.1. The van der Waals surface area contributed by atoms with Gasteiger partial charge in [-0.15, -0.1) is 0 Å². The van der Waals surface area contributed by atoms with Crippen LogP contribution in [0.2, 0.25) is 0 Å². The first-order valence-corrected chi connectivity index (χ1v) is 24.8. The smallest absolute Gasteiger partial charge is 0.497 e. The average Bonchev–Trinajstić information content (AvgIpc) is 3.42. The van der Waals surface area contributed by atoms with Gasteiger partial charge in [0.1, 0.15) is 57.0 Å². The molecule has 1 aliphatic heterocycles. The number of hydrogen-bond donors (Lipinski definition) is 0. The zero-order chi connectivity index (χ0) is 49.2. The molecule has 7 aromatic rings. The summed E-state index contributed by atoms with van der Waals surface area (Å²) in [5, 5.41) is 3.19. The van der Waals surface area contributed by atoms with Gasteiger partial charge in [0, 0.05) is 44.2 Å². The summed E-state index contributed by atoms with van der Waals surface area (Å²) in [5.74, 6) is 3.22. The molecule has 1 aromatic heterocycles. The van der Waals surface area contributed by atoms with Gasteiger partial charge in [0.15, 0.2) is 0 Å². The molecule has 2 heterocycles. The Balaban J connectivity index is 1.44. The van der Waals surface area contributed by atoms with Crippen LogP contribution in [0.25, 0.3) is 43.8 Å². The lowest BCUT2D eigenvalue weighted by Gasteiger charge is -2.30. The lowest BCUT2D eigenvalue weighted by Crippen LogP contribution is -2.18. The summed E-state index contributed by atoms with van der Waals surface area (Å²) in [4.78, 5) is 13.9. The predicted octanol–water partition coefficient (Wildman–Crippen LogP) is 16.0. The Morgan fingerprint density at radius 2 is 0.882 bits per heavy atom. The Kier molecular flexibility index (Phi) is 12.7. The molecule has 13 heteroatoms. The van der Waals surface area contributed by atoms with Crippen molar-refractivity contribution in [3.8, 4) is 51.4 Å². The van der Waals surface area contributed by atoms with Crippen LogP contribution in [0.1, 0.15) is 116 Å². The molecular formula is C55H62O11P2. The van der Waals surface area contributed by atoms with Crippen molar-refractivity contribution in [2.45, 2.75) is 105 Å². The number of carbonyl (C=O) groups excluding carboxylic acids is 1. The van der Waals surface area contributed by atoms with E-state index in [9.17, 15) is 4.79 Å². The summed E-state index contributed by atoms with van der Waals surface area (Å²) < 4.78 is 65.1. The van der Waals surface area contributed by atoms with Crippen LogP contribution in [0.4, 0.5) is 0 Å². The third kappa shape index (κ3) is 9.28. The van der Waals surface area contributed by atoms with Crippen LogP contribution in [0, 0.1) is 0 Å². The number of benzene rings is 6. The van der Waals surface area contributed by atoms with Gasteiger partial charge < -0.3 is 45.4 Å². The number of rotatable bonds is 9. The molecule has 0 saturated carbocycles. The fourth-order valence-corrected chi connectivity index (χ4v) is 10.6. The molecule has 0 spiro atoms. The van der Waals surface area contributed by atoms with E-state index in [4.69, 9.17) is 45.4 Å². The fourth-order valence-electron chi connectivity index (χ4n) is 8.44. The molecule has 0 radical (unpaired) electrons. The van der Waals surface area contributed by atoms with E-state index < -0.39 is 44.5 Å². The Morgan fingerprint density at radius 3 is 1.34 bits per heavy atom. The highest BCUT2D eigenvalue weighted by molar-refractivity contribution is 7.43. The van der Waals surface area contributed by atoms with Crippen molar-refractivity contribution in [3.63, 3.8) is 0 Å². The van der Waals surface area contributed by atoms with Gasteiger partial charge in [0.2, 0.25) is 0 Å². The van der Waals surface area contributed by atoms with Gasteiger partial charge in [0.25, 0.3) is 0 Å². The molecule has 0 aliphatic carbocycles. The quantitative estimate of drug-likeness (QED) is 0.129. The van der Waals surface area contributed by atoms with Gasteiger partial charge in [0.05, 0.1) is 28.4 Å². The first-order chi connectivity index (χ1) is 31.9. The van der Waals surface area contributed by atoms with E-state index in [-0.39, 0.29) is 0 Å². The number of fused-ring (bicyclic) bond motifs is 6. The predicted molar refractivity (Wildman–Crippen MR) is 273 cm³/mol. The van der Waals surface area contributed by atoms with Gasteiger partial charge in [-0.2, -0.15) is 0 Å². The first-order valence-electron chi connectivity index (χ1n) is 22.6. The molecule has 0 bridgehead atoms. The van der Waals surface area contributed by atoms with E-state index in [0.717, 1.165) is 43.8 Å². The van der Waals surface area contributed by atoms with E-state index in [1.165, 1.54) is 0 Å². The van der Waals surface area contributed by atoms with Gasteiger partial charge in [-0.25, -0.2) is 4.79 Å². The molecule has 358 valence electrons. The highest BCUT2D eigenvalue weighted by atomic mass is 31.2. The standard InChI is InChI=1S/C55H62O11P2/c1-52(2,3)41-27-32(57-13)23-37(47(41)62-67-61-45-22-21-31-19-17-18-20-36(31)46(45)51(56)66-67)38-24-33(58-14)28-42(53(4,5)6)48(38)63-68-64-49-39(25-34(59-15)29-43(49)54(7,8)9)40-26-35(60-16)30-44(50(40)65-68)55(10,11)12/h17-30H,1-16H3. The van der Waals surface area contributed by atoms with Crippen LogP contribution < -0.4 is 32.5 Å². The van der Waals surface area contributed by atoms with E-state index in [1.807, 2.05) is 78.9 Å². The molecule has 6 aromatic carbocycles. The molecule has 8 rings (SSSR count). The number of ether oxygens (including phenoxy) is 4. The zero-order valence-corrected chi connectivity index (χ0v) is 43.8. The maximum Gasteiger partial charge on any atom is 0.532 e. The van der Waals surface area contributed by atoms with Gasteiger partial charge in [-0.3, -0.25) is 0 Å². The van der Waals surface area contributed by atoms with E-state index in [0.29, 0.717) is 68.1 Å². The van der Waals surface area contributed by atoms with E-state index in [2.05, 4.69) is 83.1 Å². The Morgan fingerprint density at radius 1 is 0.456 bits per heavy atom. The summed E-state index contributed by atoms with van der Waals surface area (Å²) in [6.07, 6.45) is 0. The van der Waals surface area contributed by atoms with Gasteiger partial charge in [-0.1, -0.05) is 113 Å². The van der Waals surface area contributed by atoms with Crippen molar-refractivity contribution in [1.82, 2.24) is 0 Å². The summed E-state index contributed by atoms with van der Waals surface area (Å²) in [5.41, 5.74) is 4.29. The van der Waals surface area contributed by atoms with E-state index >= 15 is 0 Å². The molecule has 0 N–H and O–H groups in total. The summed E-state index contributed by atoms with van der Waals surface area (Å²) >= 11 is 0. The van der Waals surface area contributed by atoms with Crippen LogP contribution in [0.3, 0.4) is 0 Å². The molecule has 1 aliphatic rings. The maximum absolute atomic E-state index is 13.9. The molecule has 0 saturated heterocycles. The Bertz CT molecular complexity index is 3060. The fraction of sp³-hybridized carbons (Fsp3) is 0.364. The van der Waals surface area contributed by atoms with E-state index in [1.54, 1.807) is 34.5 Å². The Hall–Kier alpha value is -6.02. The largest absolute Gasteiger partial charge is 0.532 e. The van der Waals surface area contributed by atoms with Crippen molar-refractivity contribution < 1.29 is 50.2 Å². The van der Waals surface area contributed by atoms with Gasteiger partial charge >= 0.3 is 22.8 Å². The first kappa shape index (κ1) is 48.4. The average molecular weight is 961 g/mol. The summed E-state index contributed by atoms with van der Waals surface area (Å²) in [6, 6.07) is 27.0. The summed E-state index contributed by atoms with van der Waals surface area (Å²) in [6.45, 7) is 25.4. The van der Waals surface area contributed by atoms with Crippen molar-refractivity contribution in [3.05, 3.63) is 113 Å². The number of hydrogen-bond acceptors (Lipinski definition) is 11. The minimum absolute atomic E-state index is 0.352. The van der Waals surface area contributed by atoms with Crippen LogP contribution >= 0.6 is 16.8 Å². The topological polar surface area (TPSA) is 117 Å². The number of methoxy groups -OCH3 is 4. The minimum atomic E-state index is -2.31. The van der Waals surface area contributed by atoms with Crippen molar-refractivity contribution in [1.29, 1.82) is 0 Å². The lowest BCUT2D eigenvalue weighted by atomic mass is 9.81. The SMILES string of the molecule is COc1cc(-c2cc(OC)cc(C(C)(C)C)c2Op2oc3c(C(C)(C)C)cc(OC)cc3c3cc(OC)cc(C(C)(C)C)c3o2)c(OP2OC(=O)c3c(ccc4ccccc34)O2)c(C(C)(C)C)c1. The van der Waals surface area contributed by atoms with Crippen LogP contribution in [-0.4, -0.2) is 34.4 Å². The number of carbonyl (C=O) groups is 1. The maximum atomic E-state index is 13.9. The molecule has 68 heavy (non-hydrogen) atoms. The minimum Gasteiger partial charge on any atom is -0.497 e. The van der Waals surface area contributed by atoms with Gasteiger partial charge in [-0.05, 0) is 87.0 Å². The molecular weight excluding hydrogens is 899 g/mol. The second kappa shape index (κ2) is 17.8. The Labute approximate surface area is 401 Å². The zero-order valence-electron chi connectivity index (χ0n) is 42.0. The molecule has 1 atom stereocenters. The molecule has 1 unspecified atom stereocenters. The molecule has 0 amide bonds. The van der Waals surface area contributed by atoms with Crippen molar-refractivity contribution in [2.24, 2.45) is 0 Å². The van der Waals surface area contributed by atoms with Crippen molar-refractivity contribution in [2.75, 3.05) is 28.4 Å². The van der Waals surface area contributed by atoms with Crippen LogP contribution in [0.5, 0.6) is 40.2 Å². The van der Waals surface area contributed by atoms with Crippen LogP contribution in [-0.2, 0) is 26.2 Å². The monoisotopic (exact) mass is 960 g/mol. The second-order valence-electron chi connectivity index (χ2n) is 21.1. The molecule has 11 nitrogen and oxygen atoms in total. The highest BCUT2D eigenvalue weighted by Crippen LogP contribution is 2.57. The lowest BCUT2D eigenvalue weighted by molar-refractivity contribution is 0.0700. The normalized spacial score (nSPS) is 14.3. The third-order valence-corrected chi connectivity index (χ3v) is 14.1. The molecule has 0 fully saturated rings. The third-order valence-electron chi connectivity index (χ3n) is 12.1. The summed E-state index contributed by atoms with van der Waals surface area (Å²) in [7, 11) is 1.99. The van der Waals surface area contributed by atoms with Crippen LogP contribution in [0.15, 0.2) is 93.3 Å².